The summed E-state index contributed by atoms with van der Waals surface area (Å²) in [5.41, 5.74) is 2.90. The highest BCUT2D eigenvalue weighted by Crippen LogP contribution is 2.33. The molecule has 3 heterocycles. The second-order valence-electron chi connectivity index (χ2n) is 8.53. The van der Waals surface area contributed by atoms with Gasteiger partial charge in [-0.2, -0.15) is 5.10 Å². The van der Waals surface area contributed by atoms with Gasteiger partial charge < -0.3 is 19.2 Å². The SMILES string of the molecule is COc1ccc(C2=NN(C(=O)CN3CCN(c4ccc(O)cc4)CC3)[C@@H](c3ccco3)C2)cc1. The number of carbonyl (C=O) groups excluding carboxylic acids is 1. The molecular weight excluding hydrogens is 432 g/mol. The van der Waals surface area contributed by atoms with E-state index in [1.807, 2.05) is 48.5 Å². The maximum atomic E-state index is 13.4. The monoisotopic (exact) mass is 460 g/mol. The van der Waals surface area contributed by atoms with Gasteiger partial charge in [-0.15, -0.1) is 0 Å². The minimum absolute atomic E-state index is 0.0389. The van der Waals surface area contributed by atoms with E-state index in [2.05, 4.69) is 9.80 Å². The van der Waals surface area contributed by atoms with Crippen molar-refractivity contribution < 1.29 is 19.1 Å². The lowest BCUT2D eigenvalue weighted by molar-refractivity contribution is -0.134. The van der Waals surface area contributed by atoms with Gasteiger partial charge in [0, 0.05) is 38.3 Å². The van der Waals surface area contributed by atoms with E-state index in [0.29, 0.717) is 13.0 Å². The van der Waals surface area contributed by atoms with Gasteiger partial charge in [0.15, 0.2) is 0 Å². The van der Waals surface area contributed by atoms with Gasteiger partial charge in [0.05, 0.1) is 25.6 Å². The van der Waals surface area contributed by atoms with Crippen molar-refractivity contribution in [3.8, 4) is 11.5 Å². The number of ether oxygens (including phenoxy) is 1. The fourth-order valence-electron chi connectivity index (χ4n) is 4.49. The van der Waals surface area contributed by atoms with Crippen LogP contribution in [-0.2, 0) is 4.79 Å². The van der Waals surface area contributed by atoms with Crippen molar-refractivity contribution in [1.29, 1.82) is 0 Å². The van der Waals surface area contributed by atoms with E-state index < -0.39 is 0 Å². The Morgan fingerprint density at radius 2 is 1.79 bits per heavy atom. The van der Waals surface area contributed by atoms with Gasteiger partial charge in [0.2, 0.25) is 0 Å². The van der Waals surface area contributed by atoms with Crippen molar-refractivity contribution >= 4 is 17.3 Å². The number of nitrogens with zero attached hydrogens (tertiary/aromatic N) is 4. The molecule has 0 saturated carbocycles. The molecule has 8 nitrogen and oxygen atoms in total. The first kappa shape index (κ1) is 22.0. The molecule has 1 atom stereocenters. The van der Waals surface area contributed by atoms with Crippen molar-refractivity contribution in [2.24, 2.45) is 5.10 Å². The van der Waals surface area contributed by atoms with E-state index in [1.54, 1.807) is 30.5 Å². The average molecular weight is 461 g/mol. The van der Waals surface area contributed by atoms with Crippen LogP contribution >= 0.6 is 0 Å². The Balaban J connectivity index is 1.26. The third-order valence-corrected chi connectivity index (χ3v) is 6.41. The van der Waals surface area contributed by atoms with Gasteiger partial charge in [-0.25, -0.2) is 5.01 Å². The summed E-state index contributed by atoms with van der Waals surface area (Å²) in [5, 5.41) is 15.8. The Kier molecular flexibility index (Phi) is 6.22. The molecular formula is C26H28N4O4. The number of piperazine rings is 1. The van der Waals surface area contributed by atoms with Crippen LogP contribution in [0, 0.1) is 0 Å². The molecule has 0 unspecified atom stereocenters. The smallest absolute Gasteiger partial charge is 0.257 e. The van der Waals surface area contributed by atoms with E-state index >= 15 is 0 Å². The molecule has 0 aliphatic carbocycles. The van der Waals surface area contributed by atoms with Crippen LogP contribution in [-0.4, -0.2) is 66.5 Å². The number of amides is 1. The molecule has 5 rings (SSSR count). The van der Waals surface area contributed by atoms with Crippen molar-refractivity contribution in [3.63, 3.8) is 0 Å². The van der Waals surface area contributed by atoms with Crippen LogP contribution in [0.15, 0.2) is 76.4 Å². The first-order valence-corrected chi connectivity index (χ1v) is 11.4. The van der Waals surface area contributed by atoms with Crippen LogP contribution in [0.3, 0.4) is 0 Å². The molecule has 0 spiro atoms. The van der Waals surface area contributed by atoms with E-state index in [9.17, 15) is 9.90 Å². The molecule has 2 aliphatic rings. The molecule has 2 aliphatic heterocycles. The highest BCUT2D eigenvalue weighted by molar-refractivity contribution is 6.03. The molecule has 1 fully saturated rings. The van der Waals surface area contributed by atoms with Gasteiger partial charge in [-0.05, 0) is 66.2 Å². The molecule has 0 bridgehead atoms. The van der Waals surface area contributed by atoms with Crippen molar-refractivity contribution in [1.82, 2.24) is 9.91 Å². The molecule has 1 amide bonds. The Morgan fingerprint density at radius 3 is 2.44 bits per heavy atom. The lowest BCUT2D eigenvalue weighted by Gasteiger charge is -2.36. The third kappa shape index (κ3) is 4.63. The Morgan fingerprint density at radius 1 is 1.06 bits per heavy atom. The lowest BCUT2D eigenvalue weighted by atomic mass is 10.0. The molecule has 0 radical (unpaired) electrons. The minimum atomic E-state index is -0.252. The summed E-state index contributed by atoms with van der Waals surface area (Å²) in [6, 6.07) is 18.5. The topological polar surface area (TPSA) is 81.8 Å². The molecule has 8 heteroatoms. The summed E-state index contributed by atoms with van der Waals surface area (Å²) in [6.07, 6.45) is 2.23. The molecule has 1 saturated heterocycles. The predicted molar refractivity (Wildman–Crippen MR) is 129 cm³/mol. The maximum Gasteiger partial charge on any atom is 0.257 e. The Labute approximate surface area is 198 Å². The second kappa shape index (κ2) is 9.61. The minimum Gasteiger partial charge on any atom is -0.508 e. The zero-order valence-corrected chi connectivity index (χ0v) is 19.1. The highest BCUT2D eigenvalue weighted by Gasteiger charge is 2.35. The quantitative estimate of drug-likeness (QED) is 0.607. The van der Waals surface area contributed by atoms with Crippen LogP contribution in [0.2, 0.25) is 0 Å². The summed E-state index contributed by atoms with van der Waals surface area (Å²) in [4.78, 5) is 17.8. The number of furan rings is 1. The maximum absolute atomic E-state index is 13.4. The first-order valence-electron chi connectivity index (χ1n) is 11.4. The summed E-state index contributed by atoms with van der Waals surface area (Å²) >= 11 is 0. The van der Waals surface area contributed by atoms with Gasteiger partial charge in [-0.1, -0.05) is 0 Å². The molecule has 3 aromatic rings. The van der Waals surface area contributed by atoms with Gasteiger partial charge in [0.1, 0.15) is 23.3 Å². The number of phenolic OH excluding ortho intramolecular Hbond substituents is 1. The molecule has 1 aromatic heterocycles. The second-order valence-corrected chi connectivity index (χ2v) is 8.53. The molecule has 2 aromatic carbocycles. The zero-order valence-electron chi connectivity index (χ0n) is 19.1. The standard InChI is InChI=1S/C26H28N4O4/c1-33-22-10-4-19(5-11-22)23-17-24(25-3-2-16-34-25)30(27-23)26(32)18-28-12-14-29(15-13-28)20-6-8-21(31)9-7-20/h2-11,16,24,31H,12-15,17-18H2,1H3/t24-/m1/s1. The Bertz CT molecular complexity index is 1130. The van der Waals surface area contributed by atoms with E-state index in [-0.39, 0.29) is 17.7 Å². The highest BCUT2D eigenvalue weighted by atomic mass is 16.5. The zero-order chi connectivity index (χ0) is 23.5. The van der Waals surface area contributed by atoms with Crippen molar-refractivity contribution in [2.45, 2.75) is 12.5 Å². The largest absolute Gasteiger partial charge is 0.508 e. The summed E-state index contributed by atoms with van der Waals surface area (Å²) in [5.74, 6) is 1.74. The van der Waals surface area contributed by atoms with E-state index in [4.69, 9.17) is 14.3 Å². The molecule has 1 N–H and O–H groups in total. The number of phenols is 1. The molecule has 176 valence electrons. The van der Waals surface area contributed by atoms with Crippen LogP contribution in [0.4, 0.5) is 5.69 Å². The van der Waals surface area contributed by atoms with Crippen LogP contribution in [0.5, 0.6) is 11.5 Å². The number of rotatable bonds is 6. The first-order chi connectivity index (χ1) is 16.6. The summed E-state index contributed by atoms with van der Waals surface area (Å²) in [7, 11) is 1.64. The predicted octanol–water partition coefficient (Wildman–Crippen LogP) is 3.49. The summed E-state index contributed by atoms with van der Waals surface area (Å²) < 4.78 is 10.9. The molecule has 34 heavy (non-hydrogen) atoms. The van der Waals surface area contributed by atoms with E-state index in [1.165, 1.54) is 0 Å². The number of hydrogen-bond acceptors (Lipinski definition) is 7. The van der Waals surface area contributed by atoms with Gasteiger partial charge in [-0.3, -0.25) is 9.69 Å². The fraction of sp³-hybridized carbons (Fsp3) is 0.308. The normalized spacial score (nSPS) is 18.7. The van der Waals surface area contributed by atoms with Crippen LogP contribution in [0.25, 0.3) is 0 Å². The number of benzene rings is 2. The van der Waals surface area contributed by atoms with Crippen LogP contribution in [0.1, 0.15) is 23.8 Å². The van der Waals surface area contributed by atoms with Crippen molar-refractivity contribution in [3.05, 3.63) is 78.3 Å². The number of methoxy groups -OCH3 is 1. The number of hydrogen-bond donors (Lipinski definition) is 1. The van der Waals surface area contributed by atoms with E-state index in [0.717, 1.165) is 54.7 Å². The average Bonchev–Trinajstić information content (AvgIpc) is 3.55. The number of aromatic hydroxyl groups is 1. The van der Waals surface area contributed by atoms with Crippen LogP contribution < -0.4 is 9.64 Å². The fourth-order valence-corrected chi connectivity index (χ4v) is 4.49. The lowest BCUT2D eigenvalue weighted by Crippen LogP contribution is -2.49. The van der Waals surface area contributed by atoms with Crippen molar-refractivity contribution in [2.75, 3.05) is 44.7 Å². The Hall–Kier alpha value is -3.78. The van der Waals surface area contributed by atoms with Gasteiger partial charge in [0.25, 0.3) is 5.91 Å². The van der Waals surface area contributed by atoms with Gasteiger partial charge >= 0.3 is 0 Å². The summed E-state index contributed by atoms with van der Waals surface area (Å²) in [6.45, 7) is 3.50. The number of hydrazone groups is 1. The third-order valence-electron chi connectivity index (χ3n) is 6.41. The number of anilines is 1. The number of carbonyl (C=O) groups is 1.